The largest absolute Gasteiger partial charge is 0.481 e. The van der Waals surface area contributed by atoms with Crippen LogP contribution >= 0.6 is 0 Å². The zero-order valence-corrected chi connectivity index (χ0v) is 6.71. The van der Waals surface area contributed by atoms with E-state index < -0.39 is 11.4 Å². The van der Waals surface area contributed by atoms with Crippen LogP contribution in [-0.4, -0.2) is 22.3 Å². The zero-order chi connectivity index (χ0) is 8.48. The second-order valence-electron chi connectivity index (χ2n) is 3.47. The Morgan fingerprint density at radius 1 is 1.64 bits per heavy atom. The van der Waals surface area contributed by atoms with Crippen molar-refractivity contribution >= 4 is 5.97 Å². The molecule has 0 saturated heterocycles. The Morgan fingerprint density at radius 2 is 2.18 bits per heavy atom. The van der Waals surface area contributed by atoms with Gasteiger partial charge in [-0.15, -0.1) is 0 Å². The summed E-state index contributed by atoms with van der Waals surface area (Å²) >= 11 is 0. The molecule has 0 amide bonds. The molecule has 1 aliphatic rings. The van der Waals surface area contributed by atoms with Crippen molar-refractivity contribution in [2.45, 2.75) is 38.7 Å². The summed E-state index contributed by atoms with van der Waals surface area (Å²) in [6.07, 6.45) is 2.43. The second-order valence-corrected chi connectivity index (χ2v) is 3.47. The van der Waals surface area contributed by atoms with Crippen LogP contribution in [0.15, 0.2) is 0 Å². The predicted octanol–water partition coefficient (Wildman–Crippen LogP) is 1.01. The maximum absolute atomic E-state index is 10.6. The Kier molecular flexibility index (Phi) is 2.18. The van der Waals surface area contributed by atoms with Gasteiger partial charge < -0.3 is 10.2 Å². The van der Waals surface area contributed by atoms with Gasteiger partial charge in [0.05, 0.1) is 11.5 Å². The number of hydrogen-bond acceptors (Lipinski definition) is 2. The molecule has 0 aliphatic heterocycles. The van der Waals surface area contributed by atoms with Crippen molar-refractivity contribution in [3.05, 3.63) is 0 Å². The van der Waals surface area contributed by atoms with Gasteiger partial charge in [0, 0.05) is 0 Å². The third-order valence-electron chi connectivity index (χ3n) is 2.35. The Balaban J connectivity index is 2.31. The van der Waals surface area contributed by atoms with Crippen LogP contribution in [0.4, 0.5) is 0 Å². The number of rotatable bonds is 4. The fraction of sp³-hybridized carbons (Fsp3) is 0.875. The Labute approximate surface area is 66.0 Å². The van der Waals surface area contributed by atoms with E-state index in [1.807, 2.05) is 0 Å². The normalized spacial score (nSPS) is 22.7. The van der Waals surface area contributed by atoms with Gasteiger partial charge in [0.15, 0.2) is 0 Å². The molecule has 1 rings (SSSR count). The predicted molar refractivity (Wildman–Crippen MR) is 40.2 cm³/mol. The Bertz CT molecular complexity index is 159. The van der Waals surface area contributed by atoms with Crippen molar-refractivity contribution in [3.63, 3.8) is 0 Å². The fourth-order valence-electron chi connectivity index (χ4n) is 1.21. The molecule has 2 N–H and O–H groups in total. The summed E-state index contributed by atoms with van der Waals surface area (Å²) in [5.41, 5.74) is -0.461. The van der Waals surface area contributed by atoms with Crippen LogP contribution in [-0.2, 0) is 4.79 Å². The fourth-order valence-corrected chi connectivity index (χ4v) is 1.21. The lowest BCUT2D eigenvalue weighted by atomic mass is 9.99. The van der Waals surface area contributed by atoms with E-state index in [1.54, 1.807) is 6.92 Å². The highest BCUT2D eigenvalue weighted by atomic mass is 16.4. The molecule has 1 aliphatic carbocycles. The first kappa shape index (κ1) is 8.53. The minimum Gasteiger partial charge on any atom is -0.481 e. The first-order chi connectivity index (χ1) is 5.07. The smallest absolute Gasteiger partial charge is 0.309 e. The lowest BCUT2D eigenvalue weighted by Crippen LogP contribution is -2.16. The van der Waals surface area contributed by atoms with Crippen molar-refractivity contribution < 1.29 is 15.0 Å². The molecule has 1 saturated carbocycles. The van der Waals surface area contributed by atoms with Crippen molar-refractivity contribution in [1.82, 2.24) is 0 Å². The van der Waals surface area contributed by atoms with E-state index in [2.05, 4.69) is 0 Å². The van der Waals surface area contributed by atoms with Gasteiger partial charge in [0.1, 0.15) is 0 Å². The molecule has 1 unspecified atom stereocenters. The summed E-state index contributed by atoms with van der Waals surface area (Å²) in [4.78, 5) is 10.6. The van der Waals surface area contributed by atoms with E-state index in [0.29, 0.717) is 12.8 Å². The average Bonchev–Trinajstić information content (AvgIpc) is 2.63. The molecule has 11 heavy (non-hydrogen) atoms. The molecule has 0 spiro atoms. The summed E-state index contributed by atoms with van der Waals surface area (Å²) in [5.74, 6) is -0.696. The zero-order valence-electron chi connectivity index (χ0n) is 6.71. The van der Waals surface area contributed by atoms with Crippen LogP contribution < -0.4 is 0 Å². The van der Waals surface area contributed by atoms with Crippen molar-refractivity contribution in [2.24, 2.45) is 5.41 Å². The quantitative estimate of drug-likeness (QED) is 0.642. The number of aliphatic hydroxyl groups excluding tert-OH is 1. The van der Waals surface area contributed by atoms with Crippen LogP contribution in [0, 0.1) is 5.41 Å². The van der Waals surface area contributed by atoms with Crippen LogP contribution in [0.5, 0.6) is 0 Å². The van der Waals surface area contributed by atoms with E-state index in [9.17, 15) is 4.79 Å². The van der Waals surface area contributed by atoms with Gasteiger partial charge >= 0.3 is 5.97 Å². The van der Waals surface area contributed by atoms with Crippen LogP contribution in [0.1, 0.15) is 32.6 Å². The van der Waals surface area contributed by atoms with Gasteiger partial charge in [-0.1, -0.05) is 0 Å². The summed E-state index contributed by atoms with van der Waals surface area (Å²) < 4.78 is 0. The minimum atomic E-state index is -0.696. The van der Waals surface area contributed by atoms with E-state index in [0.717, 1.165) is 12.8 Å². The lowest BCUT2D eigenvalue weighted by molar-refractivity contribution is -0.143. The number of hydrogen-bond donors (Lipinski definition) is 2. The molecule has 0 radical (unpaired) electrons. The van der Waals surface area contributed by atoms with Crippen LogP contribution in [0.3, 0.4) is 0 Å². The van der Waals surface area contributed by atoms with Crippen molar-refractivity contribution in [2.75, 3.05) is 0 Å². The summed E-state index contributed by atoms with van der Waals surface area (Å²) in [7, 11) is 0. The molecule has 1 fully saturated rings. The number of aliphatic hydroxyl groups is 1. The molecular weight excluding hydrogens is 144 g/mol. The average molecular weight is 158 g/mol. The van der Waals surface area contributed by atoms with Crippen molar-refractivity contribution in [1.29, 1.82) is 0 Å². The molecule has 64 valence electrons. The third-order valence-corrected chi connectivity index (χ3v) is 2.35. The molecule has 0 aromatic heterocycles. The van der Waals surface area contributed by atoms with E-state index >= 15 is 0 Å². The summed E-state index contributed by atoms with van der Waals surface area (Å²) in [5, 5.41) is 17.7. The first-order valence-corrected chi connectivity index (χ1v) is 3.98. The Morgan fingerprint density at radius 3 is 2.45 bits per heavy atom. The van der Waals surface area contributed by atoms with E-state index in [4.69, 9.17) is 10.2 Å². The number of carbonyl (C=O) groups is 1. The van der Waals surface area contributed by atoms with Gasteiger partial charge in [0.2, 0.25) is 0 Å². The first-order valence-electron chi connectivity index (χ1n) is 3.98. The molecule has 3 nitrogen and oxygen atoms in total. The van der Waals surface area contributed by atoms with Crippen molar-refractivity contribution in [3.8, 4) is 0 Å². The van der Waals surface area contributed by atoms with Crippen LogP contribution in [0.2, 0.25) is 0 Å². The number of carboxylic acids is 1. The molecule has 3 heteroatoms. The molecule has 0 heterocycles. The van der Waals surface area contributed by atoms with E-state index in [-0.39, 0.29) is 6.10 Å². The highest BCUT2D eigenvalue weighted by Crippen LogP contribution is 2.49. The third kappa shape index (κ3) is 1.93. The highest BCUT2D eigenvalue weighted by Gasteiger charge is 2.49. The highest BCUT2D eigenvalue weighted by molar-refractivity contribution is 5.77. The van der Waals surface area contributed by atoms with E-state index in [1.165, 1.54) is 0 Å². The lowest BCUT2D eigenvalue weighted by Gasteiger charge is -2.09. The van der Waals surface area contributed by atoms with Gasteiger partial charge in [-0.2, -0.15) is 0 Å². The maximum Gasteiger partial charge on any atom is 0.309 e. The van der Waals surface area contributed by atoms with Crippen LogP contribution in [0.25, 0.3) is 0 Å². The van der Waals surface area contributed by atoms with Gasteiger partial charge in [0.25, 0.3) is 0 Å². The molecule has 0 bridgehead atoms. The van der Waals surface area contributed by atoms with Gasteiger partial charge in [-0.3, -0.25) is 4.79 Å². The SMILES string of the molecule is CC(O)CCC1(C(=O)O)CC1. The van der Waals surface area contributed by atoms with Gasteiger partial charge in [-0.25, -0.2) is 0 Å². The topological polar surface area (TPSA) is 57.5 Å². The molecule has 0 aromatic carbocycles. The summed E-state index contributed by atoms with van der Waals surface area (Å²) in [6.45, 7) is 1.69. The molecular formula is C8H14O3. The standard InChI is InChI=1S/C8H14O3/c1-6(9)2-3-8(4-5-8)7(10)11/h6,9H,2-5H2,1H3,(H,10,11). The monoisotopic (exact) mass is 158 g/mol. The van der Waals surface area contributed by atoms with Gasteiger partial charge in [-0.05, 0) is 32.6 Å². The second kappa shape index (κ2) is 2.81. The molecule has 1 atom stereocenters. The molecule has 0 aromatic rings. The summed E-state index contributed by atoms with van der Waals surface area (Å²) in [6, 6.07) is 0. The number of carboxylic acid groups (broad SMARTS) is 1. The maximum atomic E-state index is 10.6. The Hall–Kier alpha value is -0.570. The minimum absolute atomic E-state index is 0.369. The number of aliphatic carboxylic acids is 1.